The molecular weight excluding hydrogens is 373 g/mol. The van der Waals surface area contributed by atoms with Gasteiger partial charge in [-0.25, -0.2) is 4.79 Å². The number of carbonyl (C=O) groups excluding carboxylic acids is 1. The normalized spacial score (nSPS) is 17.7. The van der Waals surface area contributed by atoms with Gasteiger partial charge in [-0.1, -0.05) is 53.5 Å². The van der Waals surface area contributed by atoms with Crippen molar-refractivity contribution in [1.82, 2.24) is 10.2 Å². The second-order valence-electron chi connectivity index (χ2n) is 6.17. The number of hydrogen-bond acceptors (Lipinski definition) is 3. The van der Waals surface area contributed by atoms with Gasteiger partial charge in [-0.2, -0.15) is 0 Å². The molecule has 7 heteroatoms. The summed E-state index contributed by atoms with van der Waals surface area (Å²) in [5, 5.41) is 6.48. The fourth-order valence-electron chi connectivity index (χ4n) is 2.86. The van der Waals surface area contributed by atoms with Crippen LogP contribution in [0.1, 0.15) is 5.56 Å². The van der Waals surface area contributed by atoms with E-state index < -0.39 is 0 Å². The fourth-order valence-corrected chi connectivity index (χ4v) is 3.19. The minimum absolute atomic E-state index is 0.0481. The number of hydrogen-bond donors (Lipinski definition) is 2. The van der Waals surface area contributed by atoms with Crippen LogP contribution in [0.25, 0.3) is 0 Å². The van der Waals surface area contributed by atoms with Gasteiger partial charge in [0.25, 0.3) is 0 Å². The smallest absolute Gasteiger partial charge is 0.319 e. The first-order valence-corrected chi connectivity index (χ1v) is 9.23. The third kappa shape index (κ3) is 5.61. The van der Waals surface area contributed by atoms with Gasteiger partial charge in [-0.05, 0) is 23.8 Å². The van der Waals surface area contributed by atoms with Crippen molar-refractivity contribution < 1.29 is 9.53 Å². The van der Waals surface area contributed by atoms with Gasteiger partial charge in [0.15, 0.2) is 0 Å². The maximum atomic E-state index is 12.1. The van der Waals surface area contributed by atoms with Crippen LogP contribution in [-0.2, 0) is 11.3 Å². The Morgan fingerprint density at radius 3 is 2.81 bits per heavy atom. The second kappa shape index (κ2) is 9.24. The number of ether oxygens (including phenoxy) is 1. The van der Waals surface area contributed by atoms with Gasteiger partial charge in [-0.15, -0.1) is 0 Å². The summed E-state index contributed by atoms with van der Waals surface area (Å²) in [5.74, 6) is 0. The summed E-state index contributed by atoms with van der Waals surface area (Å²) in [6.45, 7) is 3.62. The van der Waals surface area contributed by atoms with Gasteiger partial charge in [0.2, 0.25) is 0 Å². The van der Waals surface area contributed by atoms with Crippen LogP contribution in [0, 0.1) is 0 Å². The zero-order chi connectivity index (χ0) is 18.4. The SMILES string of the molecule is O=C(NCC1CN(Cc2ccccc2)CCO1)Nc1cc(Cl)ccc1Cl. The van der Waals surface area contributed by atoms with E-state index in [0.717, 1.165) is 19.6 Å². The van der Waals surface area contributed by atoms with E-state index in [1.807, 2.05) is 18.2 Å². The summed E-state index contributed by atoms with van der Waals surface area (Å²) in [4.78, 5) is 14.4. The lowest BCUT2D eigenvalue weighted by atomic mass is 10.2. The molecule has 26 heavy (non-hydrogen) atoms. The van der Waals surface area contributed by atoms with Crippen LogP contribution in [-0.4, -0.2) is 43.3 Å². The zero-order valence-electron chi connectivity index (χ0n) is 14.3. The molecule has 1 unspecified atom stereocenters. The van der Waals surface area contributed by atoms with Crippen LogP contribution in [0.2, 0.25) is 10.0 Å². The number of carbonyl (C=O) groups is 1. The highest BCUT2D eigenvalue weighted by atomic mass is 35.5. The molecule has 0 aromatic heterocycles. The minimum Gasteiger partial charge on any atom is -0.374 e. The molecule has 0 radical (unpaired) electrons. The van der Waals surface area contributed by atoms with E-state index in [-0.39, 0.29) is 12.1 Å². The first-order valence-electron chi connectivity index (χ1n) is 8.48. The van der Waals surface area contributed by atoms with Crippen LogP contribution in [0.5, 0.6) is 0 Å². The molecule has 2 aromatic carbocycles. The van der Waals surface area contributed by atoms with Crippen molar-refractivity contribution in [3.05, 3.63) is 64.1 Å². The molecule has 0 spiro atoms. The molecule has 1 heterocycles. The lowest BCUT2D eigenvalue weighted by Gasteiger charge is -2.33. The summed E-state index contributed by atoms with van der Waals surface area (Å²) in [7, 11) is 0. The predicted molar refractivity (Wildman–Crippen MR) is 105 cm³/mol. The third-order valence-electron chi connectivity index (χ3n) is 4.14. The molecule has 2 amide bonds. The van der Waals surface area contributed by atoms with E-state index >= 15 is 0 Å². The molecule has 1 atom stereocenters. The quantitative estimate of drug-likeness (QED) is 0.806. The lowest BCUT2D eigenvalue weighted by molar-refractivity contribution is -0.0285. The summed E-state index contributed by atoms with van der Waals surface area (Å²) in [6, 6.07) is 14.9. The van der Waals surface area contributed by atoms with Gasteiger partial charge < -0.3 is 15.4 Å². The Hall–Kier alpha value is -1.79. The van der Waals surface area contributed by atoms with Crippen molar-refractivity contribution in [2.75, 3.05) is 31.6 Å². The Balaban J connectivity index is 1.46. The molecule has 3 rings (SSSR count). The maximum Gasteiger partial charge on any atom is 0.319 e. The van der Waals surface area contributed by atoms with Crippen molar-refractivity contribution in [1.29, 1.82) is 0 Å². The topological polar surface area (TPSA) is 53.6 Å². The Bertz CT molecular complexity index is 743. The molecule has 0 aliphatic carbocycles. The fraction of sp³-hybridized carbons (Fsp3) is 0.316. The largest absolute Gasteiger partial charge is 0.374 e. The van der Waals surface area contributed by atoms with Crippen LogP contribution < -0.4 is 10.6 Å². The summed E-state index contributed by atoms with van der Waals surface area (Å²) in [5.41, 5.74) is 1.75. The van der Waals surface area contributed by atoms with Crippen molar-refractivity contribution in [3.8, 4) is 0 Å². The third-order valence-corrected chi connectivity index (χ3v) is 4.70. The Morgan fingerprint density at radius 2 is 2.00 bits per heavy atom. The van der Waals surface area contributed by atoms with Crippen LogP contribution in [0.4, 0.5) is 10.5 Å². The first-order chi connectivity index (χ1) is 12.6. The highest BCUT2D eigenvalue weighted by molar-refractivity contribution is 6.35. The van der Waals surface area contributed by atoms with Crippen LogP contribution in [0.15, 0.2) is 48.5 Å². The molecule has 0 bridgehead atoms. The monoisotopic (exact) mass is 393 g/mol. The number of urea groups is 1. The Morgan fingerprint density at radius 1 is 1.19 bits per heavy atom. The highest BCUT2D eigenvalue weighted by Crippen LogP contribution is 2.25. The minimum atomic E-state index is -0.335. The number of nitrogens with zero attached hydrogens (tertiary/aromatic N) is 1. The molecule has 138 valence electrons. The maximum absolute atomic E-state index is 12.1. The summed E-state index contributed by atoms with van der Waals surface area (Å²) in [6.07, 6.45) is -0.0481. The molecule has 1 aliphatic heterocycles. The van der Waals surface area contributed by atoms with E-state index in [1.165, 1.54) is 5.56 Å². The first kappa shape index (κ1) is 19.0. The predicted octanol–water partition coefficient (Wildman–Crippen LogP) is 4.02. The van der Waals surface area contributed by atoms with Crippen molar-refractivity contribution in [2.24, 2.45) is 0 Å². The van der Waals surface area contributed by atoms with Crippen LogP contribution >= 0.6 is 23.2 Å². The molecule has 5 nitrogen and oxygen atoms in total. The standard InChI is InChI=1S/C19H21Cl2N3O2/c20-15-6-7-17(21)18(10-15)23-19(25)22-11-16-13-24(8-9-26-16)12-14-4-2-1-3-5-14/h1-7,10,16H,8-9,11-13H2,(H2,22,23,25). The van der Waals surface area contributed by atoms with E-state index in [0.29, 0.717) is 28.9 Å². The number of amides is 2. The Labute approximate surface area is 163 Å². The molecular formula is C19H21Cl2N3O2. The van der Waals surface area contributed by atoms with Crippen molar-refractivity contribution in [3.63, 3.8) is 0 Å². The number of halogens is 2. The molecule has 1 aliphatic rings. The van der Waals surface area contributed by atoms with Gasteiger partial charge in [0.1, 0.15) is 0 Å². The number of rotatable bonds is 5. The summed E-state index contributed by atoms with van der Waals surface area (Å²) < 4.78 is 5.76. The molecule has 2 aromatic rings. The van der Waals surface area contributed by atoms with E-state index in [2.05, 4.69) is 27.7 Å². The van der Waals surface area contributed by atoms with E-state index in [4.69, 9.17) is 27.9 Å². The van der Waals surface area contributed by atoms with Gasteiger partial charge >= 0.3 is 6.03 Å². The van der Waals surface area contributed by atoms with E-state index in [9.17, 15) is 4.79 Å². The number of benzene rings is 2. The van der Waals surface area contributed by atoms with Gasteiger partial charge in [0, 0.05) is 31.2 Å². The van der Waals surface area contributed by atoms with Crippen LogP contribution in [0.3, 0.4) is 0 Å². The van der Waals surface area contributed by atoms with Crippen molar-refractivity contribution in [2.45, 2.75) is 12.6 Å². The average molecular weight is 394 g/mol. The lowest BCUT2D eigenvalue weighted by Crippen LogP contribution is -2.47. The van der Waals surface area contributed by atoms with Gasteiger partial charge in [0.05, 0.1) is 23.4 Å². The molecule has 1 saturated heterocycles. The van der Waals surface area contributed by atoms with Crippen molar-refractivity contribution >= 4 is 34.9 Å². The Kier molecular flexibility index (Phi) is 6.74. The summed E-state index contributed by atoms with van der Waals surface area (Å²) >= 11 is 12.0. The molecule has 1 fully saturated rings. The number of anilines is 1. The van der Waals surface area contributed by atoms with E-state index in [1.54, 1.807) is 18.2 Å². The average Bonchev–Trinajstić information content (AvgIpc) is 2.64. The number of morpholine rings is 1. The molecule has 2 N–H and O–H groups in total. The zero-order valence-corrected chi connectivity index (χ0v) is 15.8. The molecule has 0 saturated carbocycles. The highest BCUT2D eigenvalue weighted by Gasteiger charge is 2.21. The number of nitrogens with one attached hydrogen (secondary N) is 2. The van der Waals surface area contributed by atoms with Gasteiger partial charge in [-0.3, -0.25) is 4.90 Å². The second-order valence-corrected chi connectivity index (χ2v) is 7.02.